The molecule has 3 atom stereocenters. The summed E-state index contributed by atoms with van der Waals surface area (Å²) in [4.78, 5) is 3.55. The predicted octanol–water partition coefficient (Wildman–Crippen LogP) is 3.14. The Balaban J connectivity index is 2.14. The van der Waals surface area contributed by atoms with Gasteiger partial charge in [0.05, 0.1) is 4.99 Å². The summed E-state index contributed by atoms with van der Waals surface area (Å²) in [5.74, 6) is 0.811. The Bertz CT molecular complexity index is 268. The largest absolute Gasteiger partial charge is 0.366 e. The second-order valence-corrected chi connectivity index (χ2v) is 6.05. The van der Waals surface area contributed by atoms with Crippen molar-refractivity contribution >= 4 is 24.5 Å². The third-order valence-electron chi connectivity index (χ3n) is 4.55. The highest BCUT2D eigenvalue weighted by Gasteiger charge is 2.40. The van der Waals surface area contributed by atoms with Crippen molar-refractivity contribution in [1.82, 2.24) is 4.90 Å². The Morgan fingerprint density at radius 3 is 2.93 bits per heavy atom. The lowest BCUT2D eigenvalue weighted by molar-refractivity contribution is 0.292. The molecule has 1 aliphatic heterocycles. The smallest absolute Gasteiger partial charge is 0.114 e. The number of hydrogen-bond acceptors (Lipinski definition) is 1. The lowest BCUT2D eigenvalue weighted by Gasteiger charge is -2.29. The van der Waals surface area contributed by atoms with Crippen molar-refractivity contribution < 1.29 is 0 Å². The number of rotatable bonds is 1. The normalized spacial score (nSPS) is 41.3. The van der Waals surface area contributed by atoms with Gasteiger partial charge in [0.15, 0.2) is 0 Å². The van der Waals surface area contributed by atoms with Crippen molar-refractivity contribution in [2.75, 3.05) is 7.05 Å². The van der Waals surface area contributed by atoms with Crippen LogP contribution in [0.5, 0.6) is 0 Å². The first kappa shape index (κ1) is 11.4. The van der Waals surface area contributed by atoms with E-state index < -0.39 is 0 Å². The molecule has 0 aromatic heterocycles. The molecule has 1 saturated carbocycles. The zero-order chi connectivity index (χ0) is 11.1. The van der Waals surface area contributed by atoms with Crippen LogP contribution in [0, 0.1) is 5.92 Å². The van der Waals surface area contributed by atoms with Crippen LogP contribution in [0.15, 0.2) is 0 Å². The SMILES string of the molecule is C[B]C1(C)CCCC2C(CC(=S)N2C)C1. The average Bonchev–Trinajstić information content (AvgIpc) is 2.39. The molecule has 0 bridgehead atoms. The fourth-order valence-corrected chi connectivity index (χ4v) is 3.67. The second kappa shape index (κ2) is 4.08. The Morgan fingerprint density at radius 1 is 1.53 bits per heavy atom. The standard InChI is InChI=1S/C12H21BNS/c1-12(13-2)6-4-5-10-9(8-12)7-11(15)14(10)3/h9-10H,4-8H2,1-3H3. The molecule has 2 fully saturated rings. The summed E-state index contributed by atoms with van der Waals surface area (Å²) in [6, 6.07) is 0.735. The monoisotopic (exact) mass is 222 g/mol. The highest BCUT2D eigenvalue weighted by Crippen LogP contribution is 2.47. The summed E-state index contributed by atoms with van der Waals surface area (Å²) in [6.07, 6.45) is 6.54. The van der Waals surface area contributed by atoms with Gasteiger partial charge in [0.25, 0.3) is 0 Å². The first-order chi connectivity index (χ1) is 7.06. The number of hydrogen-bond donors (Lipinski definition) is 0. The fraction of sp³-hybridized carbons (Fsp3) is 0.917. The summed E-state index contributed by atoms with van der Waals surface area (Å²) in [7, 11) is 4.60. The van der Waals surface area contributed by atoms with E-state index in [1.165, 1.54) is 30.7 Å². The summed E-state index contributed by atoms with van der Waals surface area (Å²) in [5.41, 5.74) is 0. The van der Waals surface area contributed by atoms with Crippen LogP contribution in [-0.2, 0) is 0 Å². The summed E-state index contributed by atoms with van der Waals surface area (Å²) < 4.78 is 0. The van der Waals surface area contributed by atoms with Gasteiger partial charge in [-0.25, -0.2) is 0 Å². The lowest BCUT2D eigenvalue weighted by Crippen LogP contribution is -2.30. The van der Waals surface area contributed by atoms with E-state index in [0.717, 1.165) is 18.4 Å². The van der Waals surface area contributed by atoms with Crippen molar-refractivity contribution in [2.24, 2.45) is 5.92 Å². The Kier molecular flexibility index (Phi) is 3.11. The van der Waals surface area contributed by atoms with E-state index in [1.54, 1.807) is 0 Å². The molecule has 1 heterocycles. The number of fused-ring (bicyclic) bond motifs is 1. The van der Waals surface area contributed by atoms with Crippen LogP contribution in [0.1, 0.15) is 39.0 Å². The molecule has 3 heteroatoms. The van der Waals surface area contributed by atoms with E-state index in [4.69, 9.17) is 12.2 Å². The van der Waals surface area contributed by atoms with E-state index in [0.29, 0.717) is 5.31 Å². The van der Waals surface area contributed by atoms with Gasteiger partial charge >= 0.3 is 0 Å². The van der Waals surface area contributed by atoms with Crippen molar-refractivity contribution in [3.05, 3.63) is 0 Å². The number of likely N-dealkylation sites (tertiary alicyclic amines) is 1. The summed E-state index contributed by atoms with van der Waals surface area (Å²) >= 11 is 5.43. The van der Waals surface area contributed by atoms with Gasteiger partial charge in [0.1, 0.15) is 7.28 Å². The zero-order valence-corrected chi connectivity index (χ0v) is 10.9. The maximum absolute atomic E-state index is 5.43. The minimum atomic E-state index is 0.459. The molecule has 2 rings (SSSR count). The van der Waals surface area contributed by atoms with Crippen molar-refractivity contribution in [2.45, 2.75) is 57.2 Å². The molecular formula is C12H21BNS. The Hall–Kier alpha value is -0.0451. The summed E-state index contributed by atoms with van der Waals surface area (Å²) in [6.45, 7) is 4.63. The molecule has 0 spiro atoms. The van der Waals surface area contributed by atoms with Gasteiger partial charge in [-0.15, -0.1) is 0 Å². The predicted molar refractivity (Wildman–Crippen MR) is 70.7 cm³/mol. The quantitative estimate of drug-likeness (QED) is 0.495. The molecular weight excluding hydrogens is 201 g/mol. The molecule has 2 aliphatic rings. The van der Waals surface area contributed by atoms with Crippen molar-refractivity contribution in [3.63, 3.8) is 0 Å². The molecule has 0 aromatic rings. The minimum absolute atomic E-state index is 0.459. The van der Waals surface area contributed by atoms with E-state index >= 15 is 0 Å². The van der Waals surface area contributed by atoms with Crippen LogP contribution in [-0.4, -0.2) is 30.3 Å². The molecule has 1 radical (unpaired) electrons. The molecule has 0 amide bonds. The maximum atomic E-state index is 5.43. The second-order valence-electron chi connectivity index (χ2n) is 5.58. The molecule has 1 nitrogen and oxygen atoms in total. The van der Waals surface area contributed by atoms with Crippen molar-refractivity contribution in [3.8, 4) is 0 Å². The van der Waals surface area contributed by atoms with Gasteiger partial charge in [-0.05, 0) is 18.8 Å². The van der Waals surface area contributed by atoms with Gasteiger partial charge < -0.3 is 4.90 Å². The highest BCUT2D eigenvalue weighted by molar-refractivity contribution is 7.80. The molecule has 83 valence electrons. The summed E-state index contributed by atoms with van der Waals surface area (Å²) in [5, 5.41) is 0.459. The number of nitrogens with zero attached hydrogens (tertiary/aromatic N) is 1. The van der Waals surface area contributed by atoms with Crippen LogP contribution in [0.25, 0.3) is 0 Å². The molecule has 0 aromatic carbocycles. The molecule has 1 aliphatic carbocycles. The van der Waals surface area contributed by atoms with E-state index in [2.05, 4.69) is 33.0 Å². The highest BCUT2D eigenvalue weighted by atomic mass is 32.1. The van der Waals surface area contributed by atoms with Crippen molar-refractivity contribution in [1.29, 1.82) is 0 Å². The van der Waals surface area contributed by atoms with Crippen LogP contribution < -0.4 is 0 Å². The molecule has 0 N–H and O–H groups in total. The van der Waals surface area contributed by atoms with Crippen LogP contribution in [0.2, 0.25) is 12.1 Å². The maximum Gasteiger partial charge on any atom is 0.114 e. The molecule has 3 unspecified atom stereocenters. The van der Waals surface area contributed by atoms with Crippen LogP contribution in [0.4, 0.5) is 0 Å². The third-order valence-corrected chi connectivity index (χ3v) is 5.00. The first-order valence-corrected chi connectivity index (χ1v) is 6.53. The van der Waals surface area contributed by atoms with Gasteiger partial charge in [0, 0.05) is 19.5 Å². The minimum Gasteiger partial charge on any atom is -0.366 e. The van der Waals surface area contributed by atoms with E-state index in [1.807, 2.05) is 0 Å². The molecule has 1 saturated heterocycles. The Labute approximate surface area is 99.8 Å². The van der Waals surface area contributed by atoms with Crippen LogP contribution >= 0.6 is 12.2 Å². The van der Waals surface area contributed by atoms with E-state index in [-0.39, 0.29) is 0 Å². The third kappa shape index (κ3) is 2.08. The zero-order valence-electron chi connectivity index (χ0n) is 10.1. The fourth-order valence-electron chi connectivity index (χ4n) is 3.32. The Morgan fingerprint density at radius 2 is 2.27 bits per heavy atom. The molecule has 15 heavy (non-hydrogen) atoms. The van der Waals surface area contributed by atoms with Crippen LogP contribution in [0.3, 0.4) is 0 Å². The number of thiocarbonyl (C=S) groups is 1. The first-order valence-electron chi connectivity index (χ1n) is 6.12. The van der Waals surface area contributed by atoms with E-state index in [9.17, 15) is 0 Å². The lowest BCUT2D eigenvalue weighted by atomic mass is 9.51. The van der Waals surface area contributed by atoms with Gasteiger partial charge in [-0.3, -0.25) is 0 Å². The van der Waals surface area contributed by atoms with Gasteiger partial charge in [0.2, 0.25) is 0 Å². The van der Waals surface area contributed by atoms with Gasteiger partial charge in [-0.2, -0.15) is 0 Å². The van der Waals surface area contributed by atoms with Gasteiger partial charge in [-0.1, -0.05) is 44.1 Å². The topological polar surface area (TPSA) is 3.24 Å². The average molecular weight is 222 g/mol.